The van der Waals surface area contributed by atoms with Crippen LogP contribution in [0.5, 0.6) is 5.75 Å². The van der Waals surface area contributed by atoms with E-state index in [1.54, 1.807) is 12.1 Å². The molecule has 5 heteroatoms. The van der Waals surface area contributed by atoms with E-state index in [1.807, 2.05) is 0 Å². The van der Waals surface area contributed by atoms with Crippen molar-refractivity contribution in [1.82, 2.24) is 0 Å². The van der Waals surface area contributed by atoms with Gasteiger partial charge >= 0.3 is 0 Å². The fraction of sp³-hybridized carbons (Fsp3) is 0.0769. The van der Waals surface area contributed by atoms with Gasteiger partial charge in [-0.3, -0.25) is 0 Å². The fourth-order valence-electron chi connectivity index (χ4n) is 1.52. The summed E-state index contributed by atoms with van der Waals surface area (Å²) in [6.45, 7) is 0.274. The third-order valence-electron chi connectivity index (χ3n) is 2.41. The molecular formula is C13H10BrF2NO. The van der Waals surface area contributed by atoms with Gasteiger partial charge in [0.05, 0.1) is 0 Å². The first-order chi connectivity index (χ1) is 8.56. The van der Waals surface area contributed by atoms with Crippen LogP contribution in [0.25, 0.3) is 0 Å². The number of phenols is 1. The number of rotatable bonds is 3. The molecule has 0 heterocycles. The van der Waals surface area contributed by atoms with Gasteiger partial charge in [-0.1, -0.05) is 28.1 Å². The smallest absolute Gasteiger partial charge is 0.150 e. The van der Waals surface area contributed by atoms with E-state index in [-0.39, 0.29) is 18.0 Å². The van der Waals surface area contributed by atoms with Gasteiger partial charge in [0, 0.05) is 11.0 Å². The molecular weight excluding hydrogens is 304 g/mol. The molecule has 0 fully saturated rings. The summed E-state index contributed by atoms with van der Waals surface area (Å²) in [5.41, 5.74) is 0.654. The second-order valence-electron chi connectivity index (χ2n) is 3.76. The number of phenolic OH excluding ortho intramolecular Hbond substituents is 1. The molecule has 0 aromatic heterocycles. The fourth-order valence-corrected chi connectivity index (χ4v) is 1.92. The Morgan fingerprint density at radius 1 is 1.06 bits per heavy atom. The lowest BCUT2D eigenvalue weighted by Crippen LogP contribution is -2.03. The molecule has 2 nitrogen and oxygen atoms in total. The van der Waals surface area contributed by atoms with Crippen molar-refractivity contribution in [2.75, 3.05) is 5.32 Å². The van der Waals surface area contributed by atoms with Crippen LogP contribution >= 0.6 is 15.9 Å². The second kappa shape index (κ2) is 5.35. The van der Waals surface area contributed by atoms with Crippen LogP contribution in [-0.2, 0) is 6.54 Å². The van der Waals surface area contributed by atoms with E-state index in [4.69, 9.17) is 5.11 Å². The highest BCUT2D eigenvalue weighted by Gasteiger charge is 2.09. The van der Waals surface area contributed by atoms with E-state index in [0.29, 0.717) is 4.47 Å². The van der Waals surface area contributed by atoms with Gasteiger partial charge < -0.3 is 10.4 Å². The highest BCUT2D eigenvalue weighted by molar-refractivity contribution is 9.10. The summed E-state index contributed by atoms with van der Waals surface area (Å²) in [5, 5.41) is 11.8. The SMILES string of the molecule is Oc1ccc(CNc2c(F)cc(Br)cc2F)cc1. The molecule has 0 unspecified atom stereocenters. The van der Waals surface area contributed by atoms with Gasteiger partial charge in [-0.05, 0) is 29.8 Å². The topological polar surface area (TPSA) is 32.3 Å². The largest absolute Gasteiger partial charge is 0.508 e. The zero-order chi connectivity index (χ0) is 13.1. The van der Waals surface area contributed by atoms with Gasteiger partial charge in [0.1, 0.15) is 23.1 Å². The number of benzene rings is 2. The standard InChI is InChI=1S/C13H10BrF2NO/c14-9-5-11(15)13(12(16)6-9)17-7-8-1-3-10(18)4-2-8/h1-6,17-18H,7H2. The van der Waals surface area contributed by atoms with Gasteiger partial charge in [-0.25, -0.2) is 8.78 Å². The van der Waals surface area contributed by atoms with Gasteiger partial charge in [0.15, 0.2) is 0 Å². The molecule has 2 rings (SSSR count). The minimum absolute atomic E-state index is 0.153. The van der Waals surface area contributed by atoms with Crippen LogP contribution in [-0.4, -0.2) is 5.11 Å². The van der Waals surface area contributed by atoms with Crippen molar-refractivity contribution >= 4 is 21.6 Å². The molecule has 0 radical (unpaired) electrons. The van der Waals surface area contributed by atoms with Crippen LogP contribution in [0.4, 0.5) is 14.5 Å². The molecule has 0 aliphatic heterocycles. The Kier molecular flexibility index (Phi) is 3.81. The van der Waals surface area contributed by atoms with Crippen LogP contribution in [0.1, 0.15) is 5.56 Å². The quantitative estimate of drug-likeness (QED) is 0.896. The molecule has 18 heavy (non-hydrogen) atoms. The molecule has 0 aliphatic carbocycles. The first-order valence-electron chi connectivity index (χ1n) is 5.22. The summed E-state index contributed by atoms with van der Waals surface area (Å²) < 4.78 is 27.4. The van der Waals surface area contributed by atoms with Crippen molar-refractivity contribution < 1.29 is 13.9 Å². The zero-order valence-electron chi connectivity index (χ0n) is 9.25. The predicted octanol–water partition coefficient (Wildman–Crippen LogP) is 4.05. The summed E-state index contributed by atoms with van der Waals surface area (Å²) in [6, 6.07) is 8.79. The minimum atomic E-state index is -0.652. The molecule has 0 atom stereocenters. The van der Waals surface area contributed by atoms with Crippen molar-refractivity contribution in [3.05, 3.63) is 58.1 Å². The average molecular weight is 314 g/mol. The number of aromatic hydroxyl groups is 1. The third kappa shape index (κ3) is 2.98. The molecule has 0 aliphatic rings. The maximum Gasteiger partial charge on any atom is 0.150 e. The van der Waals surface area contributed by atoms with E-state index < -0.39 is 11.6 Å². The number of anilines is 1. The Hall–Kier alpha value is -1.62. The maximum absolute atomic E-state index is 13.5. The van der Waals surface area contributed by atoms with Gasteiger partial charge in [-0.15, -0.1) is 0 Å². The summed E-state index contributed by atoms with van der Waals surface area (Å²) in [7, 11) is 0. The summed E-state index contributed by atoms with van der Waals surface area (Å²) in [5.74, 6) is -1.15. The molecule has 94 valence electrons. The maximum atomic E-state index is 13.5. The Labute approximate surface area is 111 Å². The van der Waals surface area contributed by atoms with Crippen LogP contribution in [0.3, 0.4) is 0 Å². The van der Waals surface area contributed by atoms with Gasteiger partial charge in [0.25, 0.3) is 0 Å². The Balaban J connectivity index is 2.13. The summed E-state index contributed by atoms with van der Waals surface area (Å²) in [6.07, 6.45) is 0. The molecule has 0 amide bonds. The minimum Gasteiger partial charge on any atom is -0.508 e. The molecule has 2 N–H and O–H groups in total. The lowest BCUT2D eigenvalue weighted by Gasteiger charge is -2.09. The molecule has 2 aromatic rings. The normalized spacial score (nSPS) is 10.4. The van der Waals surface area contributed by atoms with Crippen LogP contribution in [0.2, 0.25) is 0 Å². The van der Waals surface area contributed by atoms with Gasteiger partial charge in [0.2, 0.25) is 0 Å². The van der Waals surface area contributed by atoms with E-state index in [9.17, 15) is 8.78 Å². The Morgan fingerprint density at radius 2 is 1.61 bits per heavy atom. The van der Waals surface area contributed by atoms with Crippen LogP contribution < -0.4 is 5.32 Å². The highest BCUT2D eigenvalue weighted by atomic mass is 79.9. The molecule has 0 bridgehead atoms. The third-order valence-corrected chi connectivity index (χ3v) is 2.87. The Morgan fingerprint density at radius 3 is 2.17 bits per heavy atom. The number of nitrogens with one attached hydrogen (secondary N) is 1. The Bertz CT molecular complexity index is 534. The zero-order valence-corrected chi connectivity index (χ0v) is 10.8. The lowest BCUT2D eigenvalue weighted by atomic mass is 10.2. The number of hydrogen-bond donors (Lipinski definition) is 2. The van der Waals surface area contributed by atoms with Crippen molar-refractivity contribution in [1.29, 1.82) is 0 Å². The molecule has 0 saturated carbocycles. The van der Waals surface area contributed by atoms with Crippen molar-refractivity contribution in [2.45, 2.75) is 6.54 Å². The van der Waals surface area contributed by atoms with Gasteiger partial charge in [-0.2, -0.15) is 0 Å². The predicted molar refractivity (Wildman–Crippen MR) is 69.5 cm³/mol. The van der Waals surface area contributed by atoms with Crippen molar-refractivity contribution in [3.63, 3.8) is 0 Å². The average Bonchev–Trinajstić information content (AvgIpc) is 2.30. The summed E-state index contributed by atoms with van der Waals surface area (Å²) in [4.78, 5) is 0. The van der Waals surface area contributed by atoms with E-state index >= 15 is 0 Å². The number of hydrogen-bond acceptors (Lipinski definition) is 2. The first kappa shape index (κ1) is 12.8. The van der Waals surface area contributed by atoms with E-state index in [0.717, 1.165) is 5.56 Å². The monoisotopic (exact) mass is 313 g/mol. The molecule has 2 aromatic carbocycles. The number of halogens is 3. The van der Waals surface area contributed by atoms with E-state index in [2.05, 4.69) is 21.2 Å². The lowest BCUT2D eigenvalue weighted by molar-refractivity contribution is 0.475. The first-order valence-corrected chi connectivity index (χ1v) is 6.02. The molecule has 0 saturated heterocycles. The van der Waals surface area contributed by atoms with Crippen LogP contribution in [0.15, 0.2) is 40.9 Å². The molecule has 0 spiro atoms. The van der Waals surface area contributed by atoms with Crippen molar-refractivity contribution in [3.8, 4) is 5.75 Å². The second-order valence-corrected chi connectivity index (χ2v) is 4.68. The van der Waals surface area contributed by atoms with E-state index in [1.165, 1.54) is 24.3 Å². The summed E-state index contributed by atoms with van der Waals surface area (Å²) >= 11 is 3.02. The highest BCUT2D eigenvalue weighted by Crippen LogP contribution is 2.24. The van der Waals surface area contributed by atoms with Crippen LogP contribution in [0, 0.1) is 11.6 Å². The van der Waals surface area contributed by atoms with Crippen molar-refractivity contribution in [2.24, 2.45) is 0 Å².